The van der Waals surface area contributed by atoms with Crippen LogP contribution in [0.15, 0.2) is 18.2 Å². The minimum absolute atomic E-state index is 0.322. The highest BCUT2D eigenvalue weighted by molar-refractivity contribution is 5.29. The number of halogens is 3. The predicted octanol–water partition coefficient (Wildman–Crippen LogP) is 2.89. The van der Waals surface area contributed by atoms with Crippen molar-refractivity contribution in [2.75, 3.05) is 26.7 Å². The lowest BCUT2D eigenvalue weighted by Gasteiger charge is -2.24. The average molecular weight is 274 g/mol. The first-order valence-electron chi connectivity index (χ1n) is 6.31. The van der Waals surface area contributed by atoms with Crippen molar-refractivity contribution in [2.45, 2.75) is 26.6 Å². The van der Waals surface area contributed by atoms with Gasteiger partial charge in [-0.25, -0.2) is 0 Å². The van der Waals surface area contributed by atoms with Crippen LogP contribution in [0, 0.1) is 13.8 Å². The second-order valence-electron chi connectivity index (χ2n) is 4.85. The highest BCUT2D eigenvalue weighted by Crippen LogP contribution is 2.18. The van der Waals surface area contributed by atoms with Gasteiger partial charge in [-0.05, 0) is 37.6 Å². The Kier molecular flexibility index (Phi) is 5.82. The monoisotopic (exact) mass is 274 g/mol. The van der Waals surface area contributed by atoms with E-state index in [1.807, 2.05) is 32.0 Å². The maximum absolute atomic E-state index is 12.5. The first-order chi connectivity index (χ1) is 8.81. The van der Waals surface area contributed by atoms with E-state index in [0.717, 1.165) is 16.7 Å². The van der Waals surface area contributed by atoms with Crippen LogP contribution in [0.1, 0.15) is 16.7 Å². The standard InChI is InChI=1S/C14H21F3N2/c1-11-4-5-13(8-12(11)2)9-19(7-6-18-3)10-14(15,16)17/h4-5,8,18H,6-7,9-10H2,1-3H3. The van der Waals surface area contributed by atoms with Crippen LogP contribution in [-0.2, 0) is 6.54 Å². The Morgan fingerprint density at radius 3 is 2.37 bits per heavy atom. The van der Waals surface area contributed by atoms with Crippen LogP contribution in [0.3, 0.4) is 0 Å². The van der Waals surface area contributed by atoms with Crippen molar-refractivity contribution in [3.63, 3.8) is 0 Å². The molecule has 2 nitrogen and oxygen atoms in total. The second kappa shape index (κ2) is 6.91. The fourth-order valence-corrected chi connectivity index (χ4v) is 1.90. The summed E-state index contributed by atoms with van der Waals surface area (Å²) in [6.07, 6.45) is -4.16. The number of aryl methyl sites for hydroxylation is 2. The van der Waals surface area contributed by atoms with Crippen molar-refractivity contribution < 1.29 is 13.2 Å². The van der Waals surface area contributed by atoms with Gasteiger partial charge in [0.25, 0.3) is 0 Å². The van der Waals surface area contributed by atoms with Crippen LogP contribution in [-0.4, -0.2) is 37.8 Å². The van der Waals surface area contributed by atoms with E-state index in [0.29, 0.717) is 19.6 Å². The van der Waals surface area contributed by atoms with Crippen molar-refractivity contribution >= 4 is 0 Å². The third kappa shape index (κ3) is 6.07. The molecule has 0 unspecified atom stereocenters. The molecule has 0 amide bonds. The minimum atomic E-state index is -4.16. The van der Waals surface area contributed by atoms with E-state index in [1.165, 1.54) is 4.90 Å². The fraction of sp³-hybridized carbons (Fsp3) is 0.571. The van der Waals surface area contributed by atoms with Crippen molar-refractivity contribution in [2.24, 2.45) is 0 Å². The molecule has 0 saturated heterocycles. The van der Waals surface area contributed by atoms with Gasteiger partial charge in [-0.2, -0.15) is 13.2 Å². The quantitative estimate of drug-likeness (QED) is 0.858. The van der Waals surface area contributed by atoms with E-state index < -0.39 is 12.7 Å². The largest absolute Gasteiger partial charge is 0.401 e. The number of hydrogen-bond acceptors (Lipinski definition) is 2. The third-order valence-corrected chi connectivity index (χ3v) is 3.06. The lowest BCUT2D eigenvalue weighted by molar-refractivity contribution is -0.146. The summed E-state index contributed by atoms with van der Waals surface area (Å²) in [6.45, 7) is 4.34. The van der Waals surface area contributed by atoms with Gasteiger partial charge >= 0.3 is 6.18 Å². The number of likely N-dealkylation sites (N-methyl/N-ethyl adjacent to an activating group) is 1. The molecule has 0 bridgehead atoms. The number of nitrogens with one attached hydrogen (secondary N) is 1. The number of rotatable bonds is 6. The maximum Gasteiger partial charge on any atom is 0.401 e. The summed E-state index contributed by atoms with van der Waals surface area (Å²) >= 11 is 0. The van der Waals surface area contributed by atoms with Gasteiger partial charge in [-0.1, -0.05) is 18.2 Å². The molecule has 0 spiro atoms. The minimum Gasteiger partial charge on any atom is -0.318 e. The summed E-state index contributed by atoms with van der Waals surface area (Å²) in [5.74, 6) is 0. The fourth-order valence-electron chi connectivity index (χ4n) is 1.90. The van der Waals surface area contributed by atoms with Gasteiger partial charge in [0.05, 0.1) is 6.54 Å². The summed E-state index contributed by atoms with van der Waals surface area (Å²) in [5, 5.41) is 2.88. The van der Waals surface area contributed by atoms with E-state index in [9.17, 15) is 13.2 Å². The number of alkyl halides is 3. The Morgan fingerprint density at radius 2 is 1.84 bits per heavy atom. The SMILES string of the molecule is CNCCN(Cc1ccc(C)c(C)c1)CC(F)(F)F. The van der Waals surface area contributed by atoms with Crippen LogP contribution < -0.4 is 5.32 Å². The Morgan fingerprint density at radius 1 is 1.16 bits per heavy atom. The summed E-state index contributed by atoms with van der Waals surface area (Å²) < 4.78 is 37.6. The molecule has 0 aliphatic carbocycles. The molecule has 0 atom stereocenters. The molecule has 0 heterocycles. The lowest BCUT2D eigenvalue weighted by Crippen LogP contribution is -2.37. The average Bonchev–Trinajstić information content (AvgIpc) is 2.29. The molecule has 5 heteroatoms. The zero-order valence-corrected chi connectivity index (χ0v) is 11.6. The first-order valence-corrected chi connectivity index (χ1v) is 6.31. The zero-order valence-electron chi connectivity index (χ0n) is 11.6. The lowest BCUT2D eigenvalue weighted by atomic mass is 10.1. The molecular weight excluding hydrogens is 253 g/mol. The van der Waals surface area contributed by atoms with Gasteiger partial charge in [0.1, 0.15) is 0 Å². The highest BCUT2D eigenvalue weighted by atomic mass is 19.4. The molecule has 1 rings (SSSR count). The molecule has 1 aromatic rings. The molecule has 0 aromatic heterocycles. The molecule has 19 heavy (non-hydrogen) atoms. The van der Waals surface area contributed by atoms with Crippen LogP contribution in [0.5, 0.6) is 0 Å². The van der Waals surface area contributed by atoms with Crippen LogP contribution in [0.25, 0.3) is 0 Å². The van der Waals surface area contributed by atoms with Gasteiger partial charge in [0.2, 0.25) is 0 Å². The van der Waals surface area contributed by atoms with Gasteiger partial charge in [-0.3, -0.25) is 4.90 Å². The summed E-state index contributed by atoms with van der Waals surface area (Å²) in [5.41, 5.74) is 3.18. The molecule has 0 aliphatic rings. The topological polar surface area (TPSA) is 15.3 Å². The van der Waals surface area contributed by atoms with Crippen molar-refractivity contribution in [3.05, 3.63) is 34.9 Å². The second-order valence-corrected chi connectivity index (χ2v) is 4.85. The Hall–Kier alpha value is -1.07. The van der Waals surface area contributed by atoms with Gasteiger partial charge in [0, 0.05) is 19.6 Å². The third-order valence-electron chi connectivity index (χ3n) is 3.06. The smallest absolute Gasteiger partial charge is 0.318 e. The van der Waals surface area contributed by atoms with Gasteiger partial charge < -0.3 is 5.32 Å². The molecule has 1 aromatic carbocycles. The normalized spacial score (nSPS) is 12.2. The van der Waals surface area contributed by atoms with Crippen molar-refractivity contribution in [3.8, 4) is 0 Å². The highest BCUT2D eigenvalue weighted by Gasteiger charge is 2.30. The van der Waals surface area contributed by atoms with E-state index in [-0.39, 0.29) is 0 Å². The predicted molar refractivity (Wildman–Crippen MR) is 71.2 cm³/mol. The summed E-state index contributed by atoms with van der Waals surface area (Å²) in [4.78, 5) is 1.42. The molecule has 0 saturated carbocycles. The maximum atomic E-state index is 12.5. The summed E-state index contributed by atoms with van der Waals surface area (Å²) in [7, 11) is 1.74. The van der Waals surface area contributed by atoms with Crippen molar-refractivity contribution in [1.82, 2.24) is 10.2 Å². The number of nitrogens with zero attached hydrogens (tertiary/aromatic N) is 1. The van der Waals surface area contributed by atoms with Gasteiger partial charge in [-0.15, -0.1) is 0 Å². The van der Waals surface area contributed by atoms with Crippen LogP contribution in [0.4, 0.5) is 13.2 Å². The Bertz CT molecular complexity index is 402. The van der Waals surface area contributed by atoms with E-state index in [4.69, 9.17) is 0 Å². The molecule has 108 valence electrons. The van der Waals surface area contributed by atoms with E-state index in [2.05, 4.69) is 5.32 Å². The molecule has 0 fully saturated rings. The number of benzene rings is 1. The van der Waals surface area contributed by atoms with E-state index in [1.54, 1.807) is 7.05 Å². The summed E-state index contributed by atoms with van der Waals surface area (Å²) in [6, 6.07) is 5.80. The van der Waals surface area contributed by atoms with Crippen LogP contribution in [0.2, 0.25) is 0 Å². The Labute approximate surface area is 112 Å². The molecule has 1 N–H and O–H groups in total. The molecule has 0 aliphatic heterocycles. The zero-order chi connectivity index (χ0) is 14.5. The molecule has 0 radical (unpaired) electrons. The first kappa shape index (κ1) is 16.0. The van der Waals surface area contributed by atoms with E-state index >= 15 is 0 Å². The van der Waals surface area contributed by atoms with Crippen LogP contribution >= 0.6 is 0 Å². The van der Waals surface area contributed by atoms with Gasteiger partial charge in [0.15, 0.2) is 0 Å². The number of hydrogen-bond donors (Lipinski definition) is 1. The van der Waals surface area contributed by atoms with Crippen molar-refractivity contribution in [1.29, 1.82) is 0 Å². The Balaban J connectivity index is 2.72. The molecular formula is C14H21F3N2.